The molecule has 0 unspecified atom stereocenters. The Morgan fingerprint density at radius 1 is 1.42 bits per heavy atom. The number of ketones is 3. The number of Topliss-reactive ketones (excluding diaryl/α,β-unsaturated/α-hetero) is 3. The van der Waals surface area contributed by atoms with Crippen LogP contribution in [-0.2, 0) is 19.2 Å². The predicted octanol–water partition coefficient (Wildman–Crippen LogP) is 1.35. The number of hydrogen-bond acceptors (Lipinski definition) is 5. The van der Waals surface area contributed by atoms with Crippen LogP contribution in [0.25, 0.3) is 0 Å². The maximum Gasteiger partial charge on any atom is 0.198 e. The van der Waals surface area contributed by atoms with E-state index >= 15 is 0 Å². The van der Waals surface area contributed by atoms with E-state index in [1.807, 2.05) is 13.8 Å². The van der Waals surface area contributed by atoms with Crippen LogP contribution in [0.4, 0.5) is 0 Å². The summed E-state index contributed by atoms with van der Waals surface area (Å²) in [5, 5.41) is 0. The van der Waals surface area contributed by atoms with Gasteiger partial charge in [-0.05, 0) is 5.41 Å². The van der Waals surface area contributed by atoms with Gasteiger partial charge in [0.25, 0.3) is 0 Å². The fourth-order valence-electron chi connectivity index (χ4n) is 2.09. The fourth-order valence-corrected chi connectivity index (χ4v) is 2.09. The number of hydrogen-bond donors (Lipinski definition) is 1. The largest absolute Gasteiger partial charge is 0.298 e. The second-order valence-electron chi connectivity index (χ2n) is 5.43. The van der Waals surface area contributed by atoms with Gasteiger partial charge in [0, 0.05) is 12.8 Å². The lowest BCUT2D eigenvalue weighted by atomic mass is 9.70. The van der Waals surface area contributed by atoms with Crippen LogP contribution in [0.1, 0.15) is 26.7 Å². The number of carbonyl (C=O) groups excluding carboxylic acids is 3. The van der Waals surface area contributed by atoms with Crippen molar-refractivity contribution in [2.45, 2.75) is 26.7 Å². The molecule has 0 spiro atoms. The molecule has 0 aromatic heterocycles. The first-order valence-electron chi connectivity index (χ1n) is 6.06. The smallest absolute Gasteiger partial charge is 0.198 e. The van der Waals surface area contributed by atoms with E-state index in [9.17, 15) is 14.4 Å². The minimum Gasteiger partial charge on any atom is -0.298 e. The summed E-state index contributed by atoms with van der Waals surface area (Å²) in [6.45, 7) is 10.8. The van der Waals surface area contributed by atoms with Gasteiger partial charge in [-0.15, -0.1) is 6.58 Å². The topological polar surface area (TPSA) is 72.5 Å². The summed E-state index contributed by atoms with van der Waals surface area (Å²) in [6, 6.07) is 0. The van der Waals surface area contributed by atoms with E-state index in [-0.39, 0.29) is 42.1 Å². The molecule has 0 aromatic carbocycles. The first-order valence-corrected chi connectivity index (χ1v) is 6.06. The van der Waals surface area contributed by atoms with Crippen LogP contribution in [0.2, 0.25) is 0 Å². The van der Waals surface area contributed by atoms with Crippen molar-refractivity contribution in [2.24, 2.45) is 11.3 Å². The monoisotopic (exact) mass is 265 g/mol. The molecule has 1 aliphatic carbocycles. The molecule has 0 aromatic rings. The molecule has 0 saturated heterocycles. The minimum absolute atomic E-state index is 0.0896. The SMILES string of the molecule is C=CCONC(=C)C(=O)C1C(=O)CC(C)(C)CC1=O. The normalized spacial score (nSPS) is 19.1. The molecule has 1 rings (SSSR count). The maximum atomic E-state index is 12.0. The van der Waals surface area contributed by atoms with E-state index < -0.39 is 11.7 Å². The molecule has 0 heterocycles. The van der Waals surface area contributed by atoms with E-state index in [1.54, 1.807) is 0 Å². The molecule has 104 valence electrons. The molecule has 0 amide bonds. The minimum atomic E-state index is -1.24. The molecule has 0 aliphatic heterocycles. The Labute approximate surface area is 112 Å². The zero-order valence-corrected chi connectivity index (χ0v) is 11.3. The molecule has 1 N–H and O–H groups in total. The van der Waals surface area contributed by atoms with Gasteiger partial charge in [-0.25, -0.2) is 0 Å². The van der Waals surface area contributed by atoms with Crippen molar-refractivity contribution in [3.05, 3.63) is 24.9 Å². The van der Waals surface area contributed by atoms with Gasteiger partial charge < -0.3 is 0 Å². The van der Waals surface area contributed by atoms with Crippen LogP contribution in [-0.4, -0.2) is 24.0 Å². The van der Waals surface area contributed by atoms with Gasteiger partial charge in [0.15, 0.2) is 17.3 Å². The van der Waals surface area contributed by atoms with Crippen molar-refractivity contribution in [2.75, 3.05) is 6.61 Å². The highest BCUT2D eigenvalue weighted by Gasteiger charge is 2.43. The molecule has 5 nitrogen and oxygen atoms in total. The van der Waals surface area contributed by atoms with E-state index in [4.69, 9.17) is 4.84 Å². The molecule has 0 radical (unpaired) electrons. The Kier molecular flexibility index (Phi) is 4.78. The molecule has 1 saturated carbocycles. The molecule has 1 fully saturated rings. The lowest BCUT2D eigenvalue weighted by Crippen LogP contribution is -2.43. The lowest BCUT2D eigenvalue weighted by Gasteiger charge is -2.31. The highest BCUT2D eigenvalue weighted by Crippen LogP contribution is 2.34. The average molecular weight is 265 g/mol. The zero-order chi connectivity index (χ0) is 14.6. The predicted molar refractivity (Wildman–Crippen MR) is 70.0 cm³/mol. The summed E-state index contributed by atoms with van der Waals surface area (Å²) >= 11 is 0. The van der Waals surface area contributed by atoms with Gasteiger partial charge in [0.05, 0.1) is 12.3 Å². The summed E-state index contributed by atoms with van der Waals surface area (Å²) in [6.07, 6.45) is 1.93. The van der Waals surface area contributed by atoms with Gasteiger partial charge in [0.1, 0.15) is 5.92 Å². The molecule has 19 heavy (non-hydrogen) atoms. The standard InChI is InChI=1S/C14H19NO4/c1-5-6-19-15-9(2)13(18)12-10(16)7-14(3,4)8-11(12)17/h5,12,15H,1-2,6-8H2,3-4H3. The first kappa shape index (κ1) is 15.3. The van der Waals surface area contributed by atoms with Crippen molar-refractivity contribution in [3.8, 4) is 0 Å². The molecule has 0 atom stereocenters. The summed E-state index contributed by atoms with van der Waals surface area (Å²) in [5.41, 5.74) is 1.86. The van der Waals surface area contributed by atoms with Gasteiger partial charge in [-0.1, -0.05) is 26.5 Å². The number of hydroxylamine groups is 1. The third-order valence-electron chi connectivity index (χ3n) is 2.91. The second-order valence-corrected chi connectivity index (χ2v) is 5.43. The average Bonchev–Trinajstić information content (AvgIpc) is 2.26. The van der Waals surface area contributed by atoms with Crippen LogP contribution >= 0.6 is 0 Å². The Balaban J connectivity index is 2.71. The van der Waals surface area contributed by atoms with Crippen molar-refractivity contribution < 1.29 is 19.2 Å². The third-order valence-corrected chi connectivity index (χ3v) is 2.91. The first-order chi connectivity index (χ1) is 8.78. The second kappa shape index (κ2) is 5.93. The molecule has 0 bridgehead atoms. The van der Waals surface area contributed by atoms with E-state index in [2.05, 4.69) is 18.6 Å². The highest BCUT2D eigenvalue weighted by molar-refractivity contribution is 6.24. The quantitative estimate of drug-likeness (QED) is 0.258. The number of carbonyl (C=O) groups is 3. The van der Waals surface area contributed by atoms with Crippen molar-refractivity contribution in [1.82, 2.24) is 5.48 Å². The molecular formula is C14H19NO4. The summed E-state index contributed by atoms with van der Waals surface area (Å²) in [4.78, 5) is 40.7. The summed E-state index contributed by atoms with van der Waals surface area (Å²) in [7, 11) is 0. The van der Waals surface area contributed by atoms with Crippen molar-refractivity contribution >= 4 is 17.3 Å². The van der Waals surface area contributed by atoms with Gasteiger partial charge >= 0.3 is 0 Å². The van der Waals surface area contributed by atoms with Crippen LogP contribution in [0.3, 0.4) is 0 Å². The number of allylic oxidation sites excluding steroid dienone is 1. The van der Waals surface area contributed by atoms with Gasteiger partial charge in [-0.2, -0.15) is 0 Å². The number of nitrogens with one attached hydrogen (secondary N) is 1. The van der Waals surface area contributed by atoms with E-state index in [0.717, 1.165) is 0 Å². The number of rotatable bonds is 6. The molecule has 1 aliphatic rings. The van der Waals surface area contributed by atoms with E-state index in [0.29, 0.717) is 0 Å². The van der Waals surface area contributed by atoms with E-state index in [1.165, 1.54) is 6.08 Å². The zero-order valence-electron chi connectivity index (χ0n) is 11.3. The summed E-state index contributed by atoms with van der Waals surface area (Å²) < 4.78 is 0. The third kappa shape index (κ3) is 3.86. The Morgan fingerprint density at radius 2 is 1.95 bits per heavy atom. The highest BCUT2D eigenvalue weighted by atomic mass is 16.6. The Bertz CT molecular complexity index is 417. The van der Waals surface area contributed by atoms with Gasteiger partial charge in [-0.3, -0.25) is 24.7 Å². The molecular weight excluding hydrogens is 246 g/mol. The lowest BCUT2D eigenvalue weighted by molar-refractivity contribution is -0.144. The van der Waals surface area contributed by atoms with Crippen LogP contribution in [0, 0.1) is 11.3 Å². The van der Waals surface area contributed by atoms with Crippen molar-refractivity contribution in [3.63, 3.8) is 0 Å². The summed E-state index contributed by atoms with van der Waals surface area (Å²) in [5.74, 6) is -2.55. The van der Waals surface area contributed by atoms with Crippen LogP contribution in [0.5, 0.6) is 0 Å². The Morgan fingerprint density at radius 3 is 2.42 bits per heavy atom. The molecule has 5 heteroatoms. The van der Waals surface area contributed by atoms with Gasteiger partial charge in [0.2, 0.25) is 0 Å². The fraction of sp³-hybridized carbons (Fsp3) is 0.500. The maximum absolute atomic E-state index is 12.0. The Hall–Kier alpha value is -1.75. The van der Waals surface area contributed by atoms with Crippen LogP contribution < -0.4 is 5.48 Å². The van der Waals surface area contributed by atoms with Crippen LogP contribution in [0.15, 0.2) is 24.9 Å². The van der Waals surface area contributed by atoms with Crippen molar-refractivity contribution in [1.29, 1.82) is 0 Å².